The van der Waals surface area contributed by atoms with E-state index in [2.05, 4.69) is 6.92 Å². The van der Waals surface area contributed by atoms with Crippen molar-refractivity contribution in [3.05, 3.63) is 0 Å². The van der Waals surface area contributed by atoms with Gasteiger partial charge in [0.25, 0.3) is 0 Å². The predicted molar refractivity (Wildman–Crippen MR) is 70.4 cm³/mol. The van der Waals surface area contributed by atoms with E-state index in [9.17, 15) is 4.79 Å². The Balaban J connectivity index is 2.50. The van der Waals surface area contributed by atoms with E-state index >= 15 is 0 Å². The molecule has 0 aromatic carbocycles. The maximum absolute atomic E-state index is 11.9. The van der Waals surface area contributed by atoms with Crippen LogP contribution in [0.15, 0.2) is 0 Å². The summed E-state index contributed by atoms with van der Waals surface area (Å²) >= 11 is 0. The summed E-state index contributed by atoms with van der Waals surface area (Å²) in [5, 5.41) is 0. The van der Waals surface area contributed by atoms with Crippen LogP contribution < -0.4 is 5.73 Å². The fraction of sp³-hybridized carbons (Fsp3) is 0.923. The predicted octanol–water partition coefficient (Wildman–Crippen LogP) is 1.75. The normalized spacial score (nSPS) is 25.1. The van der Waals surface area contributed by atoms with Crippen LogP contribution in [-0.2, 0) is 9.47 Å². The molecule has 2 N–H and O–H groups in total. The minimum absolute atomic E-state index is 0.00948. The van der Waals surface area contributed by atoms with Crippen molar-refractivity contribution in [3.63, 3.8) is 0 Å². The van der Waals surface area contributed by atoms with Crippen molar-refractivity contribution in [2.75, 3.05) is 19.7 Å². The zero-order chi connectivity index (χ0) is 13.8. The van der Waals surface area contributed by atoms with Gasteiger partial charge in [-0.05, 0) is 33.6 Å². The highest BCUT2D eigenvalue weighted by molar-refractivity contribution is 5.68. The summed E-state index contributed by atoms with van der Waals surface area (Å²) in [6.45, 7) is 9.50. The third kappa shape index (κ3) is 4.82. The lowest BCUT2D eigenvalue weighted by atomic mass is 10.0. The molecular weight excluding hydrogens is 232 g/mol. The van der Waals surface area contributed by atoms with Crippen LogP contribution in [0.3, 0.4) is 0 Å². The number of rotatable bonds is 3. The van der Waals surface area contributed by atoms with Gasteiger partial charge in [0.1, 0.15) is 5.60 Å². The third-order valence-corrected chi connectivity index (χ3v) is 2.80. The summed E-state index contributed by atoms with van der Waals surface area (Å²) in [6, 6.07) is 0.00948. The highest BCUT2D eigenvalue weighted by Crippen LogP contribution is 2.16. The van der Waals surface area contributed by atoms with Gasteiger partial charge >= 0.3 is 6.09 Å². The molecule has 0 saturated carbocycles. The van der Waals surface area contributed by atoms with Crippen LogP contribution in [0.2, 0.25) is 0 Å². The van der Waals surface area contributed by atoms with E-state index < -0.39 is 5.60 Å². The molecule has 1 aliphatic heterocycles. The Bertz CT molecular complexity index is 276. The monoisotopic (exact) mass is 258 g/mol. The number of amides is 1. The second-order valence-electron chi connectivity index (χ2n) is 5.79. The largest absolute Gasteiger partial charge is 0.444 e. The number of hydrogen-bond donors (Lipinski definition) is 1. The SMILES string of the molecule is CCCO[C@H]1CN(C(=O)OC(C)(C)C)CC[C@H]1N. The fourth-order valence-corrected chi connectivity index (χ4v) is 1.87. The second-order valence-corrected chi connectivity index (χ2v) is 5.79. The summed E-state index contributed by atoms with van der Waals surface area (Å²) in [5.41, 5.74) is 5.54. The van der Waals surface area contributed by atoms with E-state index in [1.807, 2.05) is 20.8 Å². The Labute approximate surface area is 110 Å². The molecular formula is C13H26N2O3. The second kappa shape index (κ2) is 6.38. The van der Waals surface area contributed by atoms with E-state index in [1.165, 1.54) is 0 Å². The molecule has 0 aromatic rings. The Morgan fingerprint density at radius 2 is 2.11 bits per heavy atom. The Morgan fingerprint density at radius 3 is 2.67 bits per heavy atom. The van der Waals surface area contributed by atoms with Gasteiger partial charge in [-0.1, -0.05) is 6.92 Å². The van der Waals surface area contributed by atoms with Crippen molar-refractivity contribution in [2.45, 2.75) is 58.3 Å². The van der Waals surface area contributed by atoms with Crippen LogP contribution in [-0.4, -0.2) is 48.4 Å². The van der Waals surface area contributed by atoms with Crippen molar-refractivity contribution in [2.24, 2.45) is 5.73 Å². The quantitative estimate of drug-likeness (QED) is 0.837. The third-order valence-electron chi connectivity index (χ3n) is 2.80. The van der Waals surface area contributed by atoms with Crippen molar-refractivity contribution < 1.29 is 14.3 Å². The number of nitrogens with zero attached hydrogens (tertiary/aromatic N) is 1. The zero-order valence-electron chi connectivity index (χ0n) is 11.9. The van der Waals surface area contributed by atoms with Gasteiger partial charge in [0.2, 0.25) is 0 Å². The summed E-state index contributed by atoms with van der Waals surface area (Å²) in [6.07, 6.45) is 1.36. The minimum atomic E-state index is -0.462. The average molecular weight is 258 g/mol. The Kier molecular flexibility index (Phi) is 5.41. The van der Waals surface area contributed by atoms with E-state index in [4.69, 9.17) is 15.2 Å². The molecule has 0 spiro atoms. The molecule has 5 heteroatoms. The molecule has 1 amide bonds. The lowest BCUT2D eigenvalue weighted by Crippen LogP contribution is -2.54. The highest BCUT2D eigenvalue weighted by atomic mass is 16.6. The van der Waals surface area contributed by atoms with Crippen molar-refractivity contribution >= 4 is 6.09 Å². The van der Waals surface area contributed by atoms with Gasteiger partial charge < -0.3 is 20.1 Å². The molecule has 106 valence electrons. The molecule has 1 aliphatic rings. The van der Waals surface area contributed by atoms with Crippen molar-refractivity contribution in [3.8, 4) is 0 Å². The molecule has 1 rings (SSSR count). The van der Waals surface area contributed by atoms with E-state index in [1.54, 1.807) is 4.90 Å². The van der Waals surface area contributed by atoms with Crippen LogP contribution in [0.5, 0.6) is 0 Å². The number of hydrogen-bond acceptors (Lipinski definition) is 4. The molecule has 0 radical (unpaired) electrons. The van der Waals surface area contributed by atoms with Gasteiger partial charge in [-0.3, -0.25) is 0 Å². The highest BCUT2D eigenvalue weighted by Gasteiger charge is 2.32. The average Bonchev–Trinajstić information content (AvgIpc) is 2.25. The maximum Gasteiger partial charge on any atom is 0.410 e. The van der Waals surface area contributed by atoms with Crippen LogP contribution >= 0.6 is 0 Å². The lowest BCUT2D eigenvalue weighted by Gasteiger charge is -2.37. The number of likely N-dealkylation sites (tertiary alicyclic amines) is 1. The first kappa shape index (κ1) is 15.2. The summed E-state index contributed by atoms with van der Waals surface area (Å²) < 4.78 is 11.0. The molecule has 1 saturated heterocycles. The van der Waals surface area contributed by atoms with Crippen LogP contribution in [0.25, 0.3) is 0 Å². The minimum Gasteiger partial charge on any atom is -0.444 e. The molecule has 0 bridgehead atoms. The number of nitrogens with two attached hydrogens (primary N) is 1. The molecule has 5 nitrogen and oxygen atoms in total. The molecule has 1 heterocycles. The summed E-state index contributed by atoms with van der Waals surface area (Å²) in [4.78, 5) is 13.6. The van der Waals surface area contributed by atoms with E-state index in [0.717, 1.165) is 12.8 Å². The van der Waals surface area contributed by atoms with Crippen molar-refractivity contribution in [1.82, 2.24) is 4.90 Å². The first-order chi connectivity index (χ1) is 8.33. The summed E-state index contributed by atoms with van der Waals surface area (Å²) in [7, 11) is 0. The van der Waals surface area contributed by atoms with Gasteiger partial charge in [-0.25, -0.2) is 4.79 Å². The van der Waals surface area contributed by atoms with Gasteiger partial charge in [0.05, 0.1) is 12.6 Å². The lowest BCUT2D eigenvalue weighted by molar-refractivity contribution is -0.0280. The van der Waals surface area contributed by atoms with Gasteiger partial charge in [-0.15, -0.1) is 0 Å². The molecule has 18 heavy (non-hydrogen) atoms. The number of piperidine rings is 1. The van der Waals surface area contributed by atoms with E-state index in [-0.39, 0.29) is 18.2 Å². The number of carbonyl (C=O) groups is 1. The van der Waals surface area contributed by atoms with Crippen molar-refractivity contribution in [1.29, 1.82) is 0 Å². The van der Waals surface area contributed by atoms with Gasteiger partial charge in [0, 0.05) is 19.2 Å². The smallest absolute Gasteiger partial charge is 0.410 e. The molecule has 2 atom stereocenters. The maximum atomic E-state index is 11.9. The molecule has 0 aliphatic carbocycles. The van der Waals surface area contributed by atoms with Crippen LogP contribution in [0, 0.1) is 0 Å². The van der Waals surface area contributed by atoms with Gasteiger partial charge in [0.15, 0.2) is 0 Å². The Hall–Kier alpha value is -0.810. The fourth-order valence-electron chi connectivity index (χ4n) is 1.87. The van der Waals surface area contributed by atoms with E-state index in [0.29, 0.717) is 19.7 Å². The standard InChI is InChI=1S/C13H26N2O3/c1-5-8-17-11-9-15(7-6-10(11)14)12(16)18-13(2,3)4/h10-11H,5-9,14H2,1-4H3/t10-,11+/m1/s1. The number of carbonyl (C=O) groups excluding carboxylic acids is 1. The zero-order valence-corrected chi connectivity index (χ0v) is 11.9. The van der Waals surface area contributed by atoms with Crippen LogP contribution in [0.4, 0.5) is 4.79 Å². The summed E-state index contributed by atoms with van der Waals surface area (Å²) in [5.74, 6) is 0. The Morgan fingerprint density at radius 1 is 1.44 bits per heavy atom. The first-order valence-corrected chi connectivity index (χ1v) is 6.68. The topological polar surface area (TPSA) is 64.8 Å². The number of ether oxygens (including phenoxy) is 2. The molecule has 1 fully saturated rings. The van der Waals surface area contributed by atoms with Crippen LogP contribution in [0.1, 0.15) is 40.5 Å². The van der Waals surface area contributed by atoms with Gasteiger partial charge in [-0.2, -0.15) is 0 Å². The molecule has 0 aromatic heterocycles. The molecule has 0 unspecified atom stereocenters. The first-order valence-electron chi connectivity index (χ1n) is 6.68.